The number of hydrogen-bond donors (Lipinski definition) is 1. The minimum atomic E-state index is -1.04. The molecule has 0 saturated carbocycles. The first-order chi connectivity index (χ1) is 11.4. The van der Waals surface area contributed by atoms with Crippen LogP contribution in [0, 0.1) is 0 Å². The second kappa shape index (κ2) is 8.44. The molecule has 1 amide bonds. The molecule has 1 N–H and O–H groups in total. The maximum Gasteiger partial charge on any atom is 0.269 e. The van der Waals surface area contributed by atoms with Crippen LogP contribution in [0.15, 0.2) is 24.3 Å². The number of rotatable bonds is 8. The van der Waals surface area contributed by atoms with Gasteiger partial charge in [0.05, 0.1) is 0 Å². The molecule has 0 bridgehead atoms. The Kier molecular flexibility index (Phi) is 6.57. The summed E-state index contributed by atoms with van der Waals surface area (Å²) in [5.74, 6) is 0.311. The number of aryl methyl sites for hydroxylation is 1. The van der Waals surface area contributed by atoms with Crippen LogP contribution in [-0.2, 0) is 11.2 Å². The molecular formula is C17H22ClN3O2S. The van der Waals surface area contributed by atoms with E-state index in [1.807, 2.05) is 0 Å². The minimum absolute atomic E-state index is 0.270. The summed E-state index contributed by atoms with van der Waals surface area (Å²) in [4.78, 5) is 12.5. The number of benzene rings is 1. The fraction of sp³-hybridized carbons (Fsp3) is 0.471. The van der Waals surface area contributed by atoms with Gasteiger partial charge in [0, 0.05) is 11.4 Å². The summed E-state index contributed by atoms with van der Waals surface area (Å²) < 4.78 is 5.76. The zero-order valence-corrected chi connectivity index (χ0v) is 15.7. The van der Waals surface area contributed by atoms with Gasteiger partial charge in [-0.2, -0.15) is 0 Å². The molecule has 5 nitrogen and oxygen atoms in total. The van der Waals surface area contributed by atoms with Gasteiger partial charge in [-0.3, -0.25) is 10.1 Å². The highest BCUT2D eigenvalue weighted by atomic mass is 35.5. The topological polar surface area (TPSA) is 64.1 Å². The van der Waals surface area contributed by atoms with Crippen molar-refractivity contribution in [3.8, 4) is 5.75 Å². The molecule has 130 valence electrons. The Labute approximate surface area is 151 Å². The van der Waals surface area contributed by atoms with Crippen LogP contribution in [0.3, 0.4) is 0 Å². The summed E-state index contributed by atoms with van der Waals surface area (Å²) in [7, 11) is 0. The number of aromatic nitrogens is 2. The highest BCUT2D eigenvalue weighted by Gasteiger charge is 2.30. The van der Waals surface area contributed by atoms with Gasteiger partial charge in [0.15, 0.2) is 5.60 Å². The van der Waals surface area contributed by atoms with E-state index in [0.717, 1.165) is 17.8 Å². The van der Waals surface area contributed by atoms with Crippen molar-refractivity contribution in [3.63, 3.8) is 0 Å². The smallest absolute Gasteiger partial charge is 0.269 e. The molecule has 0 unspecified atom stereocenters. The van der Waals surface area contributed by atoms with E-state index in [1.54, 1.807) is 38.1 Å². The van der Waals surface area contributed by atoms with Gasteiger partial charge in [0.1, 0.15) is 10.8 Å². The number of nitrogens with one attached hydrogen (secondary N) is 1. The fourth-order valence-corrected chi connectivity index (χ4v) is 2.93. The molecule has 2 rings (SSSR count). The zero-order valence-electron chi connectivity index (χ0n) is 14.1. The van der Waals surface area contributed by atoms with Crippen molar-refractivity contribution in [2.45, 2.75) is 52.1 Å². The van der Waals surface area contributed by atoms with Crippen LogP contribution < -0.4 is 10.1 Å². The number of nitrogens with zero attached hydrogens (tertiary/aromatic N) is 2. The first kappa shape index (κ1) is 18.7. The van der Waals surface area contributed by atoms with Crippen molar-refractivity contribution in [1.29, 1.82) is 0 Å². The Bertz CT molecular complexity index is 671. The number of ether oxygens (including phenoxy) is 1. The third kappa shape index (κ3) is 5.46. The quantitative estimate of drug-likeness (QED) is 0.685. The molecule has 0 radical (unpaired) electrons. The van der Waals surface area contributed by atoms with Crippen molar-refractivity contribution in [3.05, 3.63) is 34.3 Å². The number of halogens is 1. The van der Waals surface area contributed by atoms with E-state index in [9.17, 15) is 4.79 Å². The van der Waals surface area contributed by atoms with E-state index >= 15 is 0 Å². The molecule has 0 aliphatic heterocycles. The van der Waals surface area contributed by atoms with Gasteiger partial charge in [-0.25, -0.2) is 0 Å². The van der Waals surface area contributed by atoms with Crippen LogP contribution in [-0.4, -0.2) is 21.7 Å². The first-order valence-corrected chi connectivity index (χ1v) is 9.18. The number of amides is 1. The third-order valence-electron chi connectivity index (χ3n) is 3.41. The SMILES string of the molecule is CCCCCc1nnc(NC(=O)C(C)(C)Oc2ccc(Cl)cc2)s1. The maximum absolute atomic E-state index is 12.5. The number of unbranched alkanes of at least 4 members (excludes halogenated alkanes) is 2. The molecule has 0 spiro atoms. The van der Waals surface area contributed by atoms with Crippen LogP contribution in [0.2, 0.25) is 5.02 Å². The normalized spacial score (nSPS) is 11.3. The lowest BCUT2D eigenvalue weighted by Crippen LogP contribution is -2.42. The van der Waals surface area contributed by atoms with Crippen LogP contribution in [0.5, 0.6) is 5.75 Å². The lowest BCUT2D eigenvalue weighted by Gasteiger charge is -2.24. The van der Waals surface area contributed by atoms with Crippen molar-refractivity contribution < 1.29 is 9.53 Å². The summed E-state index contributed by atoms with van der Waals surface area (Å²) in [6, 6.07) is 6.90. The number of hydrogen-bond acceptors (Lipinski definition) is 5. The van der Waals surface area contributed by atoms with Gasteiger partial charge in [0.2, 0.25) is 5.13 Å². The molecule has 2 aromatic rings. The molecule has 1 heterocycles. The monoisotopic (exact) mass is 367 g/mol. The number of carbonyl (C=O) groups excluding carboxylic acids is 1. The van der Waals surface area contributed by atoms with Gasteiger partial charge in [-0.1, -0.05) is 42.7 Å². The van der Waals surface area contributed by atoms with Crippen molar-refractivity contribution in [2.24, 2.45) is 0 Å². The van der Waals surface area contributed by atoms with Crippen molar-refractivity contribution in [1.82, 2.24) is 10.2 Å². The Morgan fingerprint density at radius 2 is 1.96 bits per heavy atom. The van der Waals surface area contributed by atoms with Gasteiger partial charge < -0.3 is 4.74 Å². The second-order valence-electron chi connectivity index (χ2n) is 5.98. The van der Waals surface area contributed by atoms with Gasteiger partial charge in [0.25, 0.3) is 5.91 Å². The Balaban J connectivity index is 1.93. The molecule has 0 fully saturated rings. The predicted molar refractivity (Wildman–Crippen MR) is 97.9 cm³/mol. The summed E-state index contributed by atoms with van der Waals surface area (Å²) in [5, 5.41) is 13.0. The zero-order chi connectivity index (χ0) is 17.6. The van der Waals surface area contributed by atoms with Gasteiger partial charge >= 0.3 is 0 Å². The highest BCUT2D eigenvalue weighted by molar-refractivity contribution is 7.15. The number of carbonyl (C=O) groups is 1. The molecular weight excluding hydrogens is 346 g/mol. The van der Waals surface area contributed by atoms with E-state index in [1.165, 1.54) is 24.2 Å². The third-order valence-corrected chi connectivity index (χ3v) is 4.57. The number of anilines is 1. The minimum Gasteiger partial charge on any atom is -0.478 e. The van der Waals surface area contributed by atoms with Crippen molar-refractivity contribution >= 4 is 34.0 Å². The van der Waals surface area contributed by atoms with Gasteiger partial charge in [-0.15, -0.1) is 10.2 Å². The Morgan fingerprint density at radius 3 is 2.62 bits per heavy atom. The predicted octanol–water partition coefficient (Wildman–Crippen LogP) is 4.72. The van der Waals surface area contributed by atoms with E-state index in [2.05, 4.69) is 22.4 Å². The molecule has 0 aliphatic rings. The van der Waals surface area contributed by atoms with Crippen LogP contribution in [0.25, 0.3) is 0 Å². The molecule has 7 heteroatoms. The summed E-state index contributed by atoms with van der Waals surface area (Å²) >= 11 is 7.26. The average molecular weight is 368 g/mol. The van der Waals surface area contributed by atoms with Crippen LogP contribution in [0.1, 0.15) is 45.0 Å². The fourth-order valence-electron chi connectivity index (χ4n) is 2.02. The molecule has 0 aliphatic carbocycles. The summed E-state index contributed by atoms with van der Waals surface area (Å²) in [6.45, 7) is 5.58. The first-order valence-electron chi connectivity index (χ1n) is 7.99. The summed E-state index contributed by atoms with van der Waals surface area (Å²) in [6.07, 6.45) is 4.32. The van der Waals surface area contributed by atoms with E-state index < -0.39 is 5.60 Å². The maximum atomic E-state index is 12.5. The van der Waals surface area contributed by atoms with Crippen LogP contribution in [0.4, 0.5) is 5.13 Å². The molecule has 0 saturated heterocycles. The lowest BCUT2D eigenvalue weighted by atomic mass is 10.1. The highest BCUT2D eigenvalue weighted by Crippen LogP contribution is 2.23. The molecule has 1 aromatic carbocycles. The molecule has 1 aromatic heterocycles. The van der Waals surface area contributed by atoms with E-state index in [-0.39, 0.29) is 5.91 Å². The van der Waals surface area contributed by atoms with E-state index in [4.69, 9.17) is 16.3 Å². The summed E-state index contributed by atoms with van der Waals surface area (Å²) in [5.41, 5.74) is -1.04. The average Bonchev–Trinajstić information content (AvgIpc) is 2.97. The standard InChI is InChI=1S/C17H22ClN3O2S/c1-4-5-6-7-14-20-21-16(24-14)19-15(22)17(2,3)23-13-10-8-12(18)9-11-13/h8-11H,4-7H2,1-3H3,(H,19,21,22). The molecule has 24 heavy (non-hydrogen) atoms. The second-order valence-corrected chi connectivity index (χ2v) is 7.48. The van der Waals surface area contributed by atoms with E-state index in [0.29, 0.717) is 15.9 Å². The van der Waals surface area contributed by atoms with Crippen molar-refractivity contribution in [2.75, 3.05) is 5.32 Å². The largest absolute Gasteiger partial charge is 0.478 e. The Hall–Kier alpha value is -1.66. The van der Waals surface area contributed by atoms with Crippen LogP contribution >= 0.6 is 22.9 Å². The van der Waals surface area contributed by atoms with Gasteiger partial charge in [-0.05, 0) is 44.5 Å². The Morgan fingerprint density at radius 1 is 1.25 bits per heavy atom. The lowest BCUT2D eigenvalue weighted by molar-refractivity contribution is -0.128. The molecule has 0 atom stereocenters.